The van der Waals surface area contributed by atoms with Gasteiger partial charge in [-0.1, -0.05) is 17.7 Å². The van der Waals surface area contributed by atoms with Gasteiger partial charge in [-0.15, -0.1) is 11.3 Å². The van der Waals surface area contributed by atoms with E-state index in [1.54, 1.807) is 17.4 Å². The van der Waals surface area contributed by atoms with E-state index in [0.29, 0.717) is 31.7 Å². The third-order valence-electron chi connectivity index (χ3n) is 3.98. The highest BCUT2D eigenvalue weighted by atomic mass is 35.5. The summed E-state index contributed by atoms with van der Waals surface area (Å²) in [7, 11) is -3.73. The van der Waals surface area contributed by atoms with Gasteiger partial charge in [0.15, 0.2) is 0 Å². The molecule has 3 rings (SSSR count). The lowest BCUT2D eigenvalue weighted by Crippen LogP contribution is -2.40. The molecule has 26 heavy (non-hydrogen) atoms. The van der Waals surface area contributed by atoms with Crippen LogP contribution in [0.1, 0.15) is 11.3 Å². The SMILES string of the molecule is O=C(CCc1cccs1)Nc1ccc(Cl)c(S(=O)(=O)N2CCOCC2)c1. The summed E-state index contributed by atoms with van der Waals surface area (Å²) in [6.07, 6.45) is 0.977. The molecule has 0 spiro atoms. The van der Waals surface area contributed by atoms with Crippen LogP contribution in [0.15, 0.2) is 40.6 Å². The Bertz CT molecular complexity index is 863. The number of sulfonamides is 1. The molecule has 2 aromatic rings. The standard InChI is InChI=1S/C17H19ClN2O4S2/c18-15-5-3-13(19-17(21)6-4-14-2-1-11-25-14)12-16(15)26(22,23)20-7-9-24-10-8-20/h1-3,5,11-12H,4,6-10H2,(H,19,21). The van der Waals surface area contributed by atoms with Gasteiger partial charge in [-0.25, -0.2) is 8.42 Å². The number of ether oxygens (including phenoxy) is 1. The molecule has 1 amide bonds. The molecule has 0 unspecified atom stereocenters. The third kappa shape index (κ3) is 4.63. The fraction of sp³-hybridized carbons (Fsp3) is 0.353. The lowest BCUT2D eigenvalue weighted by Gasteiger charge is -2.26. The Morgan fingerprint density at radius 2 is 2.04 bits per heavy atom. The molecule has 0 saturated carbocycles. The first kappa shape index (κ1) is 19.3. The van der Waals surface area contributed by atoms with Gasteiger partial charge in [-0.3, -0.25) is 4.79 Å². The van der Waals surface area contributed by atoms with E-state index in [2.05, 4.69) is 5.32 Å². The minimum atomic E-state index is -3.73. The number of nitrogens with zero attached hydrogens (tertiary/aromatic N) is 1. The summed E-state index contributed by atoms with van der Waals surface area (Å²) < 4.78 is 32.2. The van der Waals surface area contributed by atoms with E-state index in [4.69, 9.17) is 16.3 Å². The first-order valence-corrected chi connectivity index (χ1v) is 10.9. The van der Waals surface area contributed by atoms with Gasteiger partial charge in [0.2, 0.25) is 15.9 Å². The van der Waals surface area contributed by atoms with E-state index in [1.807, 2.05) is 17.5 Å². The Labute approximate surface area is 161 Å². The molecule has 1 N–H and O–H groups in total. The number of benzene rings is 1. The molecule has 1 aliphatic rings. The van der Waals surface area contributed by atoms with Gasteiger partial charge in [0.25, 0.3) is 0 Å². The third-order valence-corrected chi connectivity index (χ3v) is 7.30. The Balaban J connectivity index is 1.71. The van der Waals surface area contributed by atoms with E-state index < -0.39 is 10.0 Å². The molecule has 1 saturated heterocycles. The Morgan fingerprint density at radius 1 is 1.27 bits per heavy atom. The number of hydrogen-bond donors (Lipinski definition) is 1. The Morgan fingerprint density at radius 3 is 2.73 bits per heavy atom. The van der Waals surface area contributed by atoms with Crippen molar-refractivity contribution in [1.29, 1.82) is 0 Å². The van der Waals surface area contributed by atoms with E-state index in [-0.39, 0.29) is 28.9 Å². The van der Waals surface area contributed by atoms with E-state index in [0.717, 1.165) is 4.88 Å². The second-order valence-electron chi connectivity index (χ2n) is 5.79. The van der Waals surface area contributed by atoms with Crippen molar-refractivity contribution in [2.24, 2.45) is 0 Å². The molecule has 1 aromatic carbocycles. The number of nitrogens with one attached hydrogen (secondary N) is 1. The highest BCUT2D eigenvalue weighted by molar-refractivity contribution is 7.89. The number of carbonyl (C=O) groups excluding carboxylic acids is 1. The summed E-state index contributed by atoms with van der Waals surface area (Å²) in [5.41, 5.74) is 0.414. The number of amides is 1. The number of anilines is 1. The topological polar surface area (TPSA) is 75.7 Å². The van der Waals surface area contributed by atoms with Crippen LogP contribution in [0.5, 0.6) is 0 Å². The van der Waals surface area contributed by atoms with E-state index >= 15 is 0 Å². The summed E-state index contributed by atoms with van der Waals surface area (Å²) in [4.78, 5) is 13.3. The predicted molar refractivity (Wildman–Crippen MR) is 102 cm³/mol. The van der Waals surface area contributed by atoms with Gasteiger partial charge in [-0.2, -0.15) is 4.31 Å². The number of hydrogen-bond acceptors (Lipinski definition) is 5. The molecule has 0 aliphatic carbocycles. The number of carbonyl (C=O) groups is 1. The molecular formula is C17H19ClN2O4S2. The smallest absolute Gasteiger partial charge is 0.244 e. The van der Waals surface area contributed by atoms with Crippen LogP contribution in [0.3, 0.4) is 0 Å². The molecule has 1 fully saturated rings. The quantitative estimate of drug-likeness (QED) is 0.788. The number of halogens is 1. The van der Waals surface area contributed by atoms with Crippen LogP contribution in [0, 0.1) is 0 Å². The van der Waals surface area contributed by atoms with Crippen LogP contribution in [0.2, 0.25) is 5.02 Å². The lowest BCUT2D eigenvalue weighted by atomic mass is 10.2. The molecule has 6 nitrogen and oxygen atoms in total. The van der Waals surface area contributed by atoms with Gasteiger partial charge < -0.3 is 10.1 Å². The van der Waals surface area contributed by atoms with Crippen LogP contribution >= 0.6 is 22.9 Å². The molecule has 140 valence electrons. The van der Waals surface area contributed by atoms with Gasteiger partial charge in [0, 0.05) is 30.1 Å². The second kappa shape index (κ2) is 8.49. The van der Waals surface area contributed by atoms with Gasteiger partial charge in [0.1, 0.15) is 4.90 Å². The molecule has 9 heteroatoms. The number of aryl methyl sites for hydroxylation is 1. The molecule has 0 radical (unpaired) electrons. The first-order valence-electron chi connectivity index (χ1n) is 8.16. The van der Waals surface area contributed by atoms with Crippen LogP contribution in [-0.2, 0) is 26.0 Å². The molecule has 1 aliphatic heterocycles. The average Bonchev–Trinajstić information content (AvgIpc) is 3.16. The van der Waals surface area contributed by atoms with Gasteiger partial charge in [-0.05, 0) is 36.1 Å². The molecule has 0 atom stereocenters. The zero-order valence-corrected chi connectivity index (χ0v) is 16.4. The Kier molecular flexibility index (Phi) is 6.31. The van der Waals surface area contributed by atoms with Crippen molar-refractivity contribution in [3.8, 4) is 0 Å². The van der Waals surface area contributed by atoms with Gasteiger partial charge >= 0.3 is 0 Å². The number of morpholine rings is 1. The maximum absolute atomic E-state index is 12.8. The molecule has 0 bridgehead atoms. The summed E-state index contributed by atoms with van der Waals surface area (Å²) in [6, 6.07) is 8.43. The molecule has 1 aromatic heterocycles. The average molecular weight is 415 g/mol. The highest BCUT2D eigenvalue weighted by Gasteiger charge is 2.28. The zero-order chi connectivity index (χ0) is 18.6. The summed E-state index contributed by atoms with van der Waals surface area (Å²) >= 11 is 7.72. The summed E-state index contributed by atoms with van der Waals surface area (Å²) in [5.74, 6) is -0.171. The Hall–Kier alpha value is -1.45. The molecular weight excluding hydrogens is 396 g/mol. The van der Waals surface area contributed by atoms with E-state index in [9.17, 15) is 13.2 Å². The zero-order valence-electron chi connectivity index (χ0n) is 14.0. The minimum absolute atomic E-state index is 0.00266. The van der Waals surface area contributed by atoms with Crippen molar-refractivity contribution in [2.75, 3.05) is 31.6 Å². The van der Waals surface area contributed by atoms with Crippen molar-refractivity contribution < 1.29 is 17.9 Å². The largest absolute Gasteiger partial charge is 0.379 e. The highest BCUT2D eigenvalue weighted by Crippen LogP contribution is 2.28. The molecule has 2 heterocycles. The van der Waals surface area contributed by atoms with E-state index in [1.165, 1.54) is 16.4 Å². The number of rotatable bonds is 6. The van der Waals surface area contributed by atoms with Crippen LogP contribution in [0.25, 0.3) is 0 Å². The van der Waals surface area contributed by atoms with Crippen molar-refractivity contribution in [2.45, 2.75) is 17.7 Å². The maximum Gasteiger partial charge on any atom is 0.244 e. The summed E-state index contributed by atoms with van der Waals surface area (Å²) in [6.45, 7) is 1.29. The predicted octanol–water partition coefficient (Wildman–Crippen LogP) is 2.99. The van der Waals surface area contributed by atoms with Crippen LogP contribution < -0.4 is 5.32 Å². The fourth-order valence-electron chi connectivity index (χ4n) is 2.62. The van der Waals surface area contributed by atoms with Crippen LogP contribution in [-0.4, -0.2) is 44.9 Å². The van der Waals surface area contributed by atoms with Crippen molar-refractivity contribution in [1.82, 2.24) is 4.31 Å². The van der Waals surface area contributed by atoms with Crippen LogP contribution in [0.4, 0.5) is 5.69 Å². The maximum atomic E-state index is 12.8. The number of thiophene rings is 1. The summed E-state index contributed by atoms with van der Waals surface area (Å²) in [5, 5.41) is 4.85. The minimum Gasteiger partial charge on any atom is -0.379 e. The first-order chi connectivity index (χ1) is 12.5. The fourth-order valence-corrected chi connectivity index (χ4v) is 5.24. The normalized spacial score (nSPS) is 15.7. The van der Waals surface area contributed by atoms with Gasteiger partial charge in [0.05, 0.1) is 18.2 Å². The second-order valence-corrected chi connectivity index (χ2v) is 9.14. The van der Waals surface area contributed by atoms with Crippen molar-refractivity contribution in [3.63, 3.8) is 0 Å². The van der Waals surface area contributed by atoms with Crippen molar-refractivity contribution >= 4 is 44.6 Å². The monoisotopic (exact) mass is 414 g/mol. The lowest BCUT2D eigenvalue weighted by molar-refractivity contribution is -0.116. The van der Waals surface area contributed by atoms with Crippen molar-refractivity contribution in [3.05, 3.63) is 45.6 Å².